The predicted octanol–water partition coefficient (Wildman–Crippen LogP) is 0.734. The number of anilines is 2. The lowest BCUT2D eigenvalue weighted by Gasteiger charge is -2.39. The molecule has 0 bridgehead atoms. The van der Waals surface area contributed by atoms with Crippen molar-refractivity contribution in [3.05, 3.63) is 16.7 Å². The van der Waals surface area contributed by atoms with Crippen LogP contribution in [0.25, 0.3) is 0 Å². The first-order valence-electron chi connectivity index (χ1n) is 5.23. The molecule has 7 heteroatoms. The molecule has 1 saturated heterocycles. The third-order valence-corrected chi connectivity index (χ3v) is 4.70. The largest absolute Gasteiger partial charge is 0.341 e. The highest BCUT2D eigenvalue weighted by Crippen LogP contribution is 2.33. The van der Waals surface area contributed by atoms with E-state index in [2.05, 4.69) is 26.2 Å². The Balaban J connectivity index is 2.05. The van der Waals surface area contributed by atoms with E-state index in [4.69, 9.17) is 0 Å². The average Bonchev–Trinajstić information content (AvgIpc) is 2.29. The normalized spacial score (nSPS) is 27.1. The average molecular weight is 316 g/mol. The SMILES string of the molecule is O=C1Nc2cc(Br)cnc2N2CCS(=O)CC12. The standard InChI is InChI=1S/C10H10BrN3O2S/c11-6-3-7-9(12-4-6)14-1-2-17(16)5-8(14)10(15)13-7/h3-4,8H,1-2,5H2,(H,13,15). The molecule has 2 aliphatic heterocycles. The summed E-state index contributed by atoms with van der Waals surface area (Å²) in [6.45, 7) is 0.617. The molecule has 1 fully saturated rings. The highest BCUT2D eigenvalue weighted by molar-refractivity contribution is 9.10. The Kier molecular flexibility index (Phi) is 2.67. The van der Waals surface area contributed by atoms with E-state index < -0.39 is 10.8 Å². The zero-order chi connectivity index (χ0) is 12.0. The van der Waals surface area contributed by atoms with Crippen molar-refractivity contribution < 1.29 is 9.00 Å². The third kappa shape index (κ3) is 1.87. The van der Waals surface area contributed by atoms with E-state index in [1.807, 2.05) is 11.0 Å². The minimum Gasteiger partial charge on any atom is -0.341 e. The van der Waals surface area contributed by atoms with Gasteiger partial charge in [0.25, 0.3) is 0 Å². The van der Waals surface area contributed by atoms with Crippen LogP contribution in [0.4, 0.5) is 11.5 Å². The molecule has 1 aromatic heterocycles. The molecular formula is C10H10BrN3O2S. The summed E-state index contributed by atoms with van der Waals surface area (Å²) >= 11 is 3.33. The van der Waals surface area contributed by atoms with E-state index in [0.717, 1.165) is 10.3 Å². The molecule has 0 saturated carbocycles. The monoisotopic (exact) mass is 315 g/mol. The summed E-state index contributed by atoms with van der Waals surface area (Å²) in [5, 5.41) is 2.81. The van der Waals surface area contributed by atoms with Gasteiger partial charge in [0, 0.05) is 33.8 Å². The quantitative estimate of drug-likeness (QED) is 0.767. The lowest BCUT2D eigenvalue weighted by molar-refractivity contribution is -0.117. The van der Waals surface area contributed by atoms with Crippen molar-refractivity contribution >= 4 is 44.1 Å². The summed E-state index contributed by atoms with van der Waals surface area (Å²) in [5.41, 5.74) is 0.716. The van der Waals surface area contributed by atoms with Crippen LogP contribution < -0.4 is 10.2 Å². The third-order valence-electron chi connectivity index (χ3n) is 2.95. The molecule has 0 radical (unpaired) electrons. The van der Waals surface area contributed by atoms with E-state index in [0.29, 0.717) is 23.7 Å². The van der Waals surface area contributed by atoms with E-state index in [1.54, 1.807) is 6.20 Å². The highest BCUT2D eigenvalue weighted by Gasteiger charge is 2.37. The summed E-state index contributed by atoms with van der Waals surface area (Å²) in [4.78, 5) is 18.2. The second-order valence-corrected chi connectivity index (χ2v) is 6.57. The molecule has 5 nitrogen and oxygen atoms in total. The van der Waals surface area contributed by atoms with Crippen LogP contribution in [0.5, 0.6) is 0 Å². The topological polar surface area (TPSA) is 62.3 Å². The Bertz CT molecular complexity index is 522. The Morgan fingerprint density at radius 3 is 3.24 bits per heavy atom. The first-order chi connectivity index (χ1) is 8.15. The first-order valence-corrected chi connectivity index (χ1v) is 7.51. The van der Waals surface area contributed by atoms with Crippen molar-refractivity contribution in [3.63, 3.8) is 0 Å². The molecule has 0 aromatic carbocycles. The second kappa shape index (κ2) is 4.06. The Morgan fingerprint density at radius 2 is 2.41 bits per heavy atom. The van der Waals surface area contributed by atoms with Crippen molar-refractivity contribution in [1.29, 1.82) is 0 Å². The van der Waals surface area contributed by atoms with Gasteiger partial charge in [-0.3, -0.25) is 9.00 Å². The number of amides is 1. The molecular weight excluding hydrogens is 306 g/mol. The number of rotatable bonds is 0. The maximum Gasteiger partial charge on any atom is 0.248 e. The number of hydrogen-bond donors (Lipinski definition) is 1. The molecule has 2 unspecified atom stereocenters. The molecule has 90 valence electrons. The molecule has 1 N–H and O–H groups in total. The summed E-state index contributed by atoms with van der Waals surface area (Å²) in [6, 6.07) is 1.49. The molecule has 17 heavy (non-hydrogen) atoms. The van der Waals surface area contributed by atoms with Crippen molar-refractivity contribution in [2.45, 2.75) is 6.04 Å². The Hall–Kier alpha value is -0.950. The van der Waals surface area contributed by atoms with E-state index in [1.165, 1.54) is 0 Å². The fourth-order valence-corrected chi connectivity index (χ4v) is 3.73. The number of halogens is 1. The first kappa shape index (κ1) is 11.2. The Labute approximate surface area is 109 Å². The van der Waals surface area contributed by atoms with Gasteiger partial charge < -0.3 is 10.2 Å². The van der Waals surface area contributed by atoms with Gasteiger partial charge in [-0.05, 0) is 22.0 Å². The number of carbonyl (C=O) groups is 1. The molecule has 1 aromatic rings. The van der Waals surface area contributed by atoms with Gasteiger partial charge in [0.15, 0.2) is 5.82 Å². The molecule has 2 atom stereocenters. The number of nitrogens with zero attached hydrogens (tertiary/aromatic N) is 2. The smallest absolute Gasteiger partial charge is 0.248 e. The number of carbonyl (C=O) groups excluding carboxylic acids is 1. The summed E-state index contributed by atoms with van der Waals surface area (Å²) < 4.78 is 12.3. The van der Waals surface area contributed by atoms with Crippen LogP contribution in [0.3, 0.4) is 0 Å². The minimum atomic E-state index is -0.900. The van der Waals surface area contributed by atoms with Crippen LogP contribution in [0.15, 0.2) is 16.7 Å². The van der Waals surface area contributed by atoms with Crippen molar-refractivity contribution in [1.82, 2.24) is 4.98 Å². The second-order valence-electron chi connectivity index (χ2n) is 4.03. The predicted molar refractivity (Wildman–Crippen MR) is 69.6 cm³/mol. The van der Waals surface area contributed by atoms with Crippen molar-refractivity contribution in [2.24, 2.45) is 0 Å². The maximum atomic E-state index is 11.9. The number of nitrogens with one attached hydrogen (secondary N) is 1. The summed E-state index contributed by atoms with van der Waals surface area (Å²) in [7, 11) is -0.900. The van der Waals surface area contributed by atoms with Crippen LogP contribution in [0.1, 0.15) is 0 Å². The van der Waals surface area contributed by atoms with Crippen LogP contribution >= 0.6 is 15.9 Å². The lowest BCUT2D eigenvalue weighted by Crippen LogP contribution is -2.55. The van der Waals surface area contributed by atoms with E-state index >= 15 is 0 Å². The van der Waals surface area contributed by atoms with E-state index in [-0.39, 0.29) is 11.9 Å². The zero-order valence-corrected chi connectivity index (χ0v) is 11.3. The van der Waals surface area contributed by atoms with E-state index in [9.17, 15) is 9.00 Å². The molecule has 3 rings (SSSR count). The fourth-order valence-electron chi connectivity index (χ4n) is 2.15. The molecule has 3 heterocycles. The van der Waals surface area contributed by atoms with Crippen LogP contribution in [0.2, 0.25) is 0 Å². The van der Waals surface area contributed by atoms with Crippen LogP contribution in [-0.2, 0) is 15.6 Å². The number of pyridine rings is 1. The molecule has 0 spiro atoms. The van der Waals surface area contributed by atoms with Crippen molar-refractivity contribution in [3.8, 4) is 0 Å². The number of fused-ring (bicyclic) bond motifs is 3. The van der Waals surface area contributed by atoms with Gasteiger partial charge in [0.05, 0.1) is 11.4 Å². The summed E-state index contributed by atoms with van der Waals surface area (Å²) in [5.74, 6) is 1.67. The van der Waals surface area contributed by atoms with Crippen LogP contribution in [-0.4, -0.2) is 39.2 Å². The maximum absolute atomic E-state index is 11.9. The zero-order valence-electron chi connectivity index (χ0n) is 8.85. The van der Waals surface area contributed by atoms with Crippen LogP contribution in [0, 0.1) is 0 Å². The molecule has 0 aliphatic carbocycles. The summed E-state index contributed by atoms with van der Waals surface area (Å²) in [6.07, 6.45) is 1.71. The highest BCUT2D eigenvalue weighted by atomic mass is 79.9. The minimum absolute atomic E-state index is 0.0922. The van der Waals surface area contributed by atoms with Gasteiger partial charge in [0.2, 0.25) is 5.91 Å². The molecule has 1 amide bonds. The number of aromatic nitrogens is 1. The van der Waals surface area contributed by atoms with Gasteiger partial charge in [-0.15, -0.1) is 0 Å². The van der Waals surface area contributed by atoms with Gasteiger partial charge in [-0.2, -0.15) is 0 Å². The van der Waals surface area contributed by atoms with Gasteiger partial charge >= 0.3 is 0 Å². The van der Waals surface area contributed by atoms with Gasteiger partial charge in [0.1, 0.15) is 6.04 Å². The van der Waals surface area contributed by atoms with Gasteiger partial charge in [-0.1, -0.05) is 0 Å². The van der Waals surface area contributed by atoms with Gasteiger partial charge in [-0.25, -0.2) is 4.98 Å². The number of hydrogen-bond acceptors (Lipinski definition) is 4. The Morgan fingerprint density at radius 1 is 1.59 bits per heavy atom. The molecule has 2 aliphatic rings. The fraction of sp³-hybridized carbons (Fsp3) is 0.400. The lowest BCUT2D eigenvalue weighted by atomic mass is 10.1. The van der Waals surface area contributed by atoms with Crippen molar-refractivity contribution in [2.75, 3.05) is 28.3 Å².